The molecule has 2 aliphatic rings. The van der Waals surface area contributed by atoms with Gasteiger partial charge in [0.05, 0.1) is 6.10 Å². The summed E-state index contributed by atoms with van der Waals surface area (Å²) in [5, 5.41) is 10.8. The van der Waals surface area contributed by atoms with E-state index in [1.807, 2.05) is 48.5 Å². The highest BCUT2D eigenvalue weighted by atomic mass is 16.6. The lowest BCUT2D eigenvalue weighted by atomic mass is 9.99. The van der Waals surface area contributed by atoms with Crippen molar-refractivity contribution in [2.45, 2.75) is 25.6 Å². The van der Waals surface area contributed by atoms with Crippen molar-refractivity contribution in [3.05, 3.63) is 89.0 Å². The van der Waals surface area contributed by atoms with Gasteiger partial charge >= 0.3 is 0 Å². The summed E-state index contributed by atoms with van der Waals surface area (Å²) in [5.74, 6) is 2.54. The van der Waals surface area contributed by atoms with Gasteiger partial charge in [-0.25, -0.2) is 0 Å². The molecule has 5 heteroatoms. The molecule has 2 aliphatic heterocycles. The van der Waals surface area contributed by atoms with Crippen LogP contribution in [0.5, 0.6) is 17.2 Å². The van der Waals surface area contributed by atoms with Crippen LogP contribution in [0.1, 0.15) is 28.4 Å². The van der Waals surface area contributed by atoms with E-state index >= 15 is 0 Å². The van der Waals surface area contributed by atoms with E-state index in [-0.39, 0.29) is 0 Å². The first-order valence-corrected chi connectivity index (χ1v) is 10.8. The second kappa shape index (κ2) is 9.00. The van der Waals surface area contributed by atoms with Crippen molar-refractivity contribution in [1.82, 2.24) is 4.90 Å². The average molecular weight is 418 g/mol. The van der Waals surface area contributed by atoms with E-state index in [2.05, 4.69) is 23.1 Å². The third-order valence-electron chi connectivity index (χ3n) is 5.81. The minimum absolute atomic E-state index is 0.540. The summed E-state index contributed by atoms with van der Waals surface area (Å²) in [6, 6.07) is 22.3. The molecule has 5 nitrogen and oxygen atoms in total. The Kier molecular flexibility index (Phi) is 5.78. The second-order valence-electron chi connectivity index (χ2n) is 8.11. The molecule has 2 heterocycles. The molecular formula is C26H27NO4. The molecule has 31 heavy (non-hydrogen) atoms. The molecule has 0 spiro atoms. The predicted octanol–water partition coefficient (Wildman–Crippen LogP) is 4.13. The van der Waals surface area contributed by atoms with Gasteiger partial charge in [0.25, 0.3) is 0 Å². The zero-order valence-corrected chi connectivity index (χ0v) is 17.5. The van der Waals surface area contributed by atoms with Gasteiger partial charge in [0.2, 0.25) is 0 Å². The van der Waals surface area contributed by atoms with Crippen LogP contribution < -0.4 is 14.2 Å². The molecule has 160 valence electrons. The fourth-order valence-electron chi connectivity index (χ4n) is 4.21. The summed E-state index contributed by atoms with van der Waals surface area (Å²) in [7, 11) is 0. The molecule has 0 amide bonds. The highest BCUT2D eigenvalue weighted by molar-refractivity contribution is 5.44. The molecule has 0 saturated heterocycles. The molecule has 0 aromatic heterocycles. The lowest BCUT2D eigenvalue weighted by molar-refractivity contribution is 0.170. The van der Waals surface area contributed by atoms with Crippen LogP contribution in [0.15, 0.2) is 66.7 Å². The van der Waals surface area contributed by atoms with Gasteiger partial charge in [0.15, 0.2) is 11.5 Å². The van der Waals surface area contributed by atoms with Crippen LogP contribution in [0, 0.1) is 0 Å². The molecule has 0 aliphatic carbocycles. The first-order chi connectivity index (χ1) is 15.2. The Morgan fingerprint density at radius 3 is 2.42 bits per heavy atom. The van der Waals surface area contributed by atoms with Crippen molar-refractivity contribution in [3.8, 4) is 17.2 Å². The summed E-state index contributed by atoms with van der Waals surface area (Å²) in [4.78, 5) is 2.37. The average Bonchev–Trinajstić information content (AvgIpc) is 3.00. The van der Waals surface area contributed by atoms with Crippen molar-refractivity contribution in [1.29, 1.82) is 0 Å². The van der Waals surface area contributed by atoms with Gasteiger partial charge < -0.3 is 19.3 Å². The molecule has 5 rings (SSSR count). The third kappa shape index (κ3) is 4.68. The Balaban J connectivity index is 1.31. The fraction of sp³-hybridized carbons (Fsp3) is 0.308. The van der Waals surface area contributed by atoms with Crippen LogP contribution in [0.4, 0.5) is 0 Å². The van der Waals surface area contributed by atoms with Crippen LogP contribution in [0.25, 0.3) is 0 Å². The van der Waals surface area contributed by atoms with Crippen LogP contribution in [-0.2, 0) is 19.5 Å². The first kappa shape index (κ1) is 19.9. The zero-order valence-electron chi connectivity index (χ0n) is 17.5. The lowest BCUT2D eigenvalue weighted by Crippen LogP contribution is -2.25. The first-order valence-electron chi connectivity index (χ1n) is 10.8. The van der Waals surface area contributed by atoms with E-state index in [4.69, 9.17) is 14.2 Å². The van der Waals surface area contributed by atoms with Crippen LogP contribution in [0.2, 0.25) is 0 Å². The second-order valence-corrected chi connectivity index (χ2v) is 8.11. The summed E-state index contributed by atoms with van der Waals surface area (Å²) in [6.07, 6.45) is 0.0590. The minimum atomic E-state index is -0.540. The molecule has 0 saturated carbocycles. The minimum Gasteiger partial charge on any atom is -0.492 e. The molecule has 0 fully saturated rings. The molecule has 3 aromatic rings. The van der Waals surface area contributed by atoms with Crippen LogP contribution in [0.3, 0.4) is 0 Å². The van der Waals surface area contributed by atoms with Crippen molar-refractivity contribution < 1.29 is 19.3 Å². The van der Waals surface area contributed by atoms with Crippen molar-refractivity contribution in [2.75, 3.05) is 26.4 Å². The van der Waals surface area contributed by atoms with E-state index in [0.29, 0.717) is 26.2 Å². The Hall–Kier alpha value is -3.02. The number of benzene rings is 3. The standard InChI is InChI=1S/C26H27NO4/c28-23(14-19-4-2-1-3-5-19)21-7-9-24-22(16-21)18-27(10-11-29-24)17-20-6-8-25-26(15-20)31-13-12-30-25/h1-9,15-16,23,28H,10-14,17-18H2. The van der Waals surface area contributed by atoms with Crippen molar-refractivity contribution in [3.63, 3.8) is 0 Å². The number of fused-ring (bicyclic) bond motifs is 2. The number of hydrogen-bond acceptors (Lipinski definition) is 5. The van der Waals surface area contributed by atoms with E-state index in [1.165, 1.54) is 5.56 Å². The van der Waals surface area contributed by atoms with Gasteiger partial charge in [-0.15, -0.1) is 0 Å². The molecule has 1 atom stereocenters. The van der Waals surface area contributed by atoms with Crippen molar-refractivity contribution in [2.24, 2.45) is 0 Å². The largest absolute Gasteiger partial charge is 0.492 e. The quantitative estimate of drug-likeness (QED) is 0.677. The van der Waals surface area contributed by atoms with Crippen molar-refractivity contribution >= 4 is 0 Å². The van der Waals surface area contributed by atoms with Gasteiger partial charge in [-0.05, 0) is 41.0 Å². The highest BCUT2D eigenvalue weighted by Gasteiger charge is 2.19. The SMILES string of the molecule is OC(Cc1ccccc1)c1ccc2c(c1)CN(Cc1ccc3c(c1)OCCO3)CCO2. The zero-order chi connectivity index (χ0) is 21.0. The van der Waals surface area contributed by atoms with Gasteiger partial charge in [-0.2, -0.15) is 0 Å². The number of hydrogen-bond donors (Lipinski definition) is 1. The van der Waals surface area contributed by atoms with Gasteiger partial charge in [-0.1, -0.05) is 42.5 Å². The molecule has 1 N–H and O–H groups in total. The Morgan fingerprint density at radius 1 is 0.774 bits per heavy atom. The van der Waals surface area contributed by atoms with Crippen LogP contribution >= 0.6 is 0 Å². The number of rotatable bonds is 5. The molecule has 0 bridgehead atoms. The third-order valence-corrected chi connectivity index (χ3v) is 5.81. The smallest absolute Gasteiger partial charge is 0.161 e. The van der Waals surface area contributed by atoms with E-state index in [1.54, 1.807) is 0 Å². The maximum absolute atomic E-state index is 10.8. The molecule has 0 radical (unpaired) electrons. The fourth-order valence-corrected chi connectivity index (χ4v) is 4.21. The maximum Gasteiger partial charge on any atom is 0.161 e. The summed E-state index contributed by atoms with van der Waals surface area (Å²) < 4.78 is 17.4. The summed E-state index contributed by atoms with van der Waals surface area (Å²) in [5.41, 5.74) is 4.35. The molecular weight excluding hydrogens is 390 g/mol. The van der Waals surface area contributed by atoms with Gasteiger partial charge in [0.1, 0.15) is 25.6 Å². The number of nitrogens with zero attached hydrogens (tertiary/aromatic N) is 1. The summed E-state index contributed by atoms with van der Waals surface area (Å²) in [6.45, 7) is 4.25. The molecule has 1 unspecified atom stereocenters. The van der Waals surface area contributed by atoms with E-state index < -0.39 is 6.10 Å². The van der Waals surface area contributed by atoms with E-state index in [9.17, 15) is 5.11 Å². The highest BCUT2D eigenvalue weighted by Crippen LogP contribution is 2.32. The normalized spacial score (nSPS) is 16.7. The number of aliphatic hydroxyl groups excluding tert-OH is 1. The topological polar surface area (TPSA) is 51.2 Å². The lowest BCUT2D eigenvalue weighted by Gasteiger charge is -2.22. The van der Waals surface area contributed by atoms with Crippen LogP contribution in [-0.4, -0.2) is 36.4 Å². The van der Waals surface area contributed by atoms with E-state index in [0.717, 1.165) is 53.6 Å². The Morgan fingerprint density at radius 2 is 1.55 bits per heavy atom. The Bertz CT molecular complexity index is 1040. The monoisotopic (exact) mass is 417 g/mol. The Labute approximate surface area is 182 Å². The summed E-state index contributed by atoms with van der Waals surface area (Å²) >= 11 is 0. The van der Waals surface area contributed by atoms with Gasteiger partial charge in [-0.3, -0.25) is 4.90 Å². The maximum atomic E-state index is 10.8. The number of aliphatic hydroxyl groups is 1. The molecule has 3 aromatic carbocycles. The number of ether oxygens (including phenoxy) is 3. The predicted molar refractivity (Wildman–Crippen MR) is 119 cm³/mol. The van der Waals surface area contributed by atoms with Gasteiger partial charge in [0, 0.05) is 31.6 Å².